The van der Waals surface area contributed by atoms with Crippen LogP contribution in [0.1, 0.15) is 63.9 Å². The second-order valence-corrected chi connectivity index (χ2v) is 15.4. The van der Waals surface area contributed by atoms with E-state index in [1.807, 2.05) is 30.3 Å². The Hall–Kier alpha value is -7.88. The summed E-state index contributed by atoms with van der Waals surface area (Å²) in [6.45, 7) is 0. The molecule has 5 unspecified atom stereocenters. The van der Waals surface area contributed by atoms with Crippen molar-refractivity contribution in [3.8, 4) is 0 Å². The number of rotatable bonds is 11. The molecule has 5 atom stereocenters. The van der Waals surface area contributed by atoms with Crippen molar-refractivity contribution in [1.82, 2.24) is 0 Å². The average Bonchev–Trinajstić information content (AvgIpc) is 2.10. The van der Waals surface area contributed by atoms with E-state index in [0.29, 0.717) is 0 Å². The van der Waals surface area contributed by atoms with Gasteiger partial charge >= 0.3 is 0 Å². The van der Waals surface area contributed by atoms with Gasteiger partial charge in [0.05, 0.1) is 57.7 Å². The van der Waals surface area contributed by atoms with E-state index in [4.69, 9.17) is 38.2 Å². The Balaban J connectivity index is 0.00000105. The first-order valence-corrected chi connectivity index (χ1v) is 21.6. The summed E-state index contributed by atoms with van der Waals surface area (Å²) in [5.74, 6) is -70.9. The maximum atomic E-state index is 12.8. The molecular formula is C47H17F25O15SU-6. The standard InChI is InChI=1S/5C8H3F5O3.C7H8S.U/c5*9-2-1(7(14)8(15)16)3(10)5(12)6(13)4(2)11;8-6-7-4-2-1-3-5-7;/h5*7,14H,(H,15,16);1-5,8H,6H2;/p-6. The Morgan fingerprint density at radius 1 is 0.270 bits per heavy atom. The van der Waals surface area contributed by atoms with Gasteiger partial charge in [-0.2, -0.15) is 5.75 Å². The first-order chi connectivity index (χ1) is 40.4. The number of aliphatic hydroxyl groups is 5. The van der Waals surface area contributed by atoms with Gasteiger partial charge in [-0.05, 0) is 0 Å². The zero-order valence-corrected chi connectivity index (χ0v) is 46.1. The van der Waals surface area contributed by atoms with Gasteiger partial charge in [0.2, 0.25) is 29.1 Å². The number of hydrogen-bond donors (Lipinski definition) is 5. The Kier molecular flexibility index (Phi) is 31.2. The fourth-order valence-electron chi connectivity index (χ4n) is 5.47. The van der Waals surface area contributed by atoms with Crippen molar-refractivity contribution in [3.05, 3.63) is 209 Å². The quantitative estimate of drug-likeness (QED) is 0.0539. The predicted octanol–water partition coefficient (Wildman–Crippen LogP) is 2.56. The summed E-state index contributed by atoms with van der Waals surface area (Å²) in [4.78, 5) is 50.4. The van der Waals surface area contributed by atoms with Gasteiger partial charge in [-0.25, -0.2) is 110 Å². The third kappa shape index (κ3) is 18.6. The average molecular weight is 1570 g/mol. The van der Waals surface area contributed by atoms with Crippen molar-refractivity contribution in [2.45, 2.75) is 36.3 Å². The van der Waals surface area contributed by atoms with Crippen LogP contribution in [0, 0.1) is 177 Å². The number of carboxylic acid groups (broad SMARTS) is 5. The molecule has 0 heterocycles. The number of carbonyl (C=O) groups excluding carboxylic acids is 5. The van der Waals surface area contributed by atoms with Crippen molar-refractivity contribution < 1.29 is 216 Å². The van der Waals surface area contributed by atoms with E-state index in [0.717, 1.165) is 5.75 Å². The molecule has 0 saturated carbocycles. The molecule has 0 amide bonds. The van der Waals surface area contributed by atoms with Crippen molar-refractivity contribution >= 4 is 42.5 Å². The molecule has 0 radical (unpaired) electrons. The van der Waals surface area contributed by atoms with E-state index in [1.54, 1.807) is 0 Å². The first-order valence-electron chi connectivity index (χ1n) is 21.0. The second kappa shape index (κ2) is 34.2. The molecule has 6 rings (SSSR count). The summed E-state index contributed by atoms with van der Waals surface area (Å²) in [6.07, 6.45) is -14.7. The summed E-state index contributed by atoms with van der Waals surface area (Å²) < 4.78 is 316. The number of carbonyl (C=O) groups is 5. The van der Waals surface area contributed by atoms with Crippen LogP contribution in [-0.4, -0.2) is 55.4 Å². The van der Waals surface area contributed by atoms with E-state index < -0.39 is 234 Å². The van der Waals surface area contributed by atoms with Gasteiger partial charge in [0, 0.05) is 31.1 Å². The van der Waals surface area contributed by atoms with Crippen LogP contribution in [0.25, 0.3) is 0 Å². The number of carboxylic acids is 5. The molecule has 0 spiro atoms. The van der Waals surface area contributed by atoms with E-state index >= 15 is 0 Å². The normalized spacial score (nSPS) is 12.2. The van der Waals surface area contributed by atoms with Gasteiger partial charge in [0.15, 0.2) is 116 Å². The minimum absolute atomic E-state index is 0. The van der Waals surface area contributed by atoms with Gasteiger partial charge in [-0.15, -0.1) is 0 Å². The molecule has 0 aromatic heterocycles. The van der Waals surface area contributed by atoms with Crippen LogP contribution in [0.5, 0.6) is 0 Å². The summed E-state index contributed by atoms with van der Waals surface area (Å²) in [6, 6.07) is 10.1. The Labute approximate surface area is 502 Å². The van der Waals surface area contributed by atoms with Gasteiger partial charge in [0.1, 0.15) is 30.5 Å². The molecule has 486 valence electrons. The van der Waals surface area contributed by atoms with E-state index in [2.05, 4.69) is 0 Å². The van der Waals surface area contributed by atoms with Crippen LogP contribution >= 0.6 is 0 Å². The molecule has 0 fully saturated rings. The molecule has 89 heavy (non-hydrogen) atoms. The Morgan fingerprint density at radius 3 is 0.472 bits per heavy atom. The SMILES string of the molecule is O=C([O-])C(O)c1c(F)c(F)c(F)c(F)c1F.O=C([O-])C(O)c1c(F)c(F)c(F)c(F)c1F.O=C([O-])C(O)c1c(F)c(F)c(F)c(F)c1F.O=C([O-])C(O)c1c(F)c(F)c(F)c(F)c1F.O=C([O-])C(O)c1c(F)c(F)c(F)c(F)c1F.[S-]Cc1ccccc1.[U]. The molecule has 0 aliphatic rings. The zero-order chi connectivity index (χ0) is 68.9. The van der Waals surface area contributed by atoms with Gasteiger partial charge < -0.3 is 87.7 Å². The molecule has 15 nitrogen and oxygen atoms in total. The number of benzene rings is 6. The van der Waals surface area contributed by atoms with Crippen LogP contribution in [0.4, 0.5) is 110 Å². The maximum absolute atomic E-state index is 12.8. The Bertz CT molecular complexity index is 3010. The van der Waals surface area contributed by atoms with Crippen LogP contribution in [-0.2, 0) is 42.4 Å². The van der Waals surface area contributed by atoms with Gasteiger partial charge in [0.25, 0.3) is 0 Å². The number of aliphatic hydroxyl groups excluding tert-OH is 5. The molecule has 0 bridgehead atoms. The molecule has 6 aromatic carbocycles. The minimum atomic E-state index is -2.94. The predicted molar refractivity (Wildman–Crippen MR) is 219 cm³/mol. The molecule has 0 saturated heterocycles. The zero-order valence-electron chi connectivity index (χ0n) is 41.2. The second-order valence-electron chi connectivity index (χ2n) is 15.2. The summed E-state index contributed by atoms with van der Waals surface area (Å²) >= 11 is 4.82. The van der Waals surface area contributed by atoms with Gasteiger partial charge in [-0.1, -0.05) is 35.9 Å². The van der Waals surface area contributed by atoms with Crippen LogP contribution in [0.2, 0.25) is 0 Å². The number of hydrogen-bond acceptors (Lipinski definition) is 16. The Morgan fingerprint density at radius 2 is 0.382 bits per heavy atom. The molecule has 5 N–H and O–H groups in total. The molecule has 0 aliphatic heterocycles. The third-order valence-electron chi connectivity index (χ3n) is 9.71. The van der Waals surface area contributed by atoms with E-state index in [1.165, 1.54) is 5.56 Å². The van der Waals surface area contributed by atoms with Crippen LogP contribution in [0.15, 0.2) is 30.3 Å². The summed E-state index contributed by atoms with van der Waals surface area (Å²) in [5, 5.41) is 93.9. The van der Waals surface area contributed by atoms with Crippen molar-refractivity contribution in [3.63, 3.8) is 0 Å². The smallest absolute Gasteiger partial charge is 0.200 e. The fraction of sp³-hybridized carbons (Fsp3) is 0.128. The van der Waals surface area contributed by atoms with Gasteiger partial charge in [-0.3, -0.25) is 0 Å². The third-order valence-corrected chi connectivity index (χ3v) is 10.0. The van der Waals surface area contributed by atoms with Crippen molar-refractivity contribution in [2.24, 2.45) is 0 Å². The summed E-state index contributed by atoms with van der Waals surface area (Å²) in [7, 11) is 0. The summed E-state index contributed by atoms with van der Waals surface area (Å²) in [5.41, 5.74) is -8.03. The first kappa shape index (κ1) is 81.1. The van der Waals surface area contributed by atoms with Crippen LogP contribution < -0.4 is 25.5 Å². The number of aliphatic carboxylic acids is 5. The fourth-order valence-corrected chi connectivity index (χ4v) is 5.67. The molecule has 42 heteroatoms. The van der Waals surface area contributed by atoms with Crippen molar-refractivity contribution in [1.29, 1.82) is 0 Å². The van der Waals surface area contributed by atoms with E-state index in [9.17, 15) is 159 Å². The number of halogens is 25. The van der Waals surface area contributed by atoms with Crippen molar-refractivity contribution in [2.75, 3.05) is 0 Å². The molecular weight excluding hydrogens is 1550 g/mol. The molecule has 6 aromatic rings. The van der Waals surface area contributed by atoms with E-state index in [-0.39, 0.29) is 31.1 Å². The minimum Gasteiger partial charge on any atom is -0.788 e. The maximum Gasteiger partial charge on any atom is 0.200 e. The largest absolute Gasteiger partial charge is 0.788 e. The van der Waals surface area contributed by atoms with Crippen LogP contribution in [0.3, 0.4) is 0 Å². The topological polar surface area (TPSA) is 302 Å². The monoisotopic (exact) mass is 1570 g/mol. The molecule has 0 aliphatic carbocycles.